The van der Waals surface area contributed by atoms with E-state index in [9.17, 15) is 0 Å². The van der Waals surface area contributed by atoms with Crippen LogP contribution in [0.25, 0.3) is 0 Å². The van der Waals surface area contributed by atoms with Crippen molar-refractivity contribution < 1.29 is 0 Å². The van der Waals surface area contributed by atoms with Crippen molar-refractivity contribution >= 4 is 0 Å². The molecule has 1 aromatic rings. The summed E-state index contributed by atoms with van der Waals surface area (Å²) in [6.45, 7) is 10.2. The molecule has 1 rings (SSSR count). The maximum Gasteiger partial charge on any atom is 0.0332 e. The SMILES string of the molecule is CCC(C)(C)N(C)CCC(NC)c1ccccc1C. The van der Waals surface area contributed by atoms with Crippen LogP contribution in [0.2, 0.25) is 0 Å². The van der Waals surface area contributed by atoms with Gasteiger partial charge < -0.3 is 10.2 Å². The summed E-state index contributed by atoms with van der Waals surface area (Å²) in [6, 6.07) is 9.11. The molecule has 2 nitrogen and oxygen atoms in total. The normalized spacial score (nSPS) is 13.8. The average molecular weight is 262 g/mol. The molecule has 0 radical (unpaired) electrons. The molecular formula is C17H30N2. The van der Waals surface area contributed by atoms with E-state index in [-0.39, 0.29) is 5.54 Å². The number of aryl methyl sites for hydroxylation is 1. The van der Waals surface area contributed by atoms with Crippen molar-refractivity contribution in [3.8, 4) is 0 Å². The number of hydrogen-bond donors (Lipinski definition) is 1. The Bertz CT molecular complexity index is 385. The molecule has 0 saturated heterocycles. The van der Waals surface area contributed by atoms with Gasteiger partial charge in [-0.25, -0.2) is 0 Å². The van der Waals surface area contributed by atoms with Gasteiger partial charge in [0.05, 0.1) is 0 Å². The van der Waals surface area contributed by atoms with E-state index in [4.69, 9.17) is 0 Å². The van der Waals surface area contributed by atoms with Crippen LogP contribution in [0.3, 0.4) is 0 Å². The first-order valence-electron chi connectivity index (χ1n) is 7.36. The second-order valence-corrected chi connectivity index (χ2v) is 6.07. The van der Waals surface area contributed by atoms with Crippen molar-refractivity contribution in [2.75, 3.05) is 20.6 Å². The Kier molecular flexibility index (Phi) is 6.02. The first-order valence-corrected chi connectivity index (χ1v) is 7.36. The summed E-state index contributed by atoms with van der Waals surface area (Å²) in [5.74, 6) is 0. The zero-order valence-electron chi connectivity index (χ0n) is 13.5. The highest BCUT2D eigenvalue weighted by atomic mass is 15.2. The quantitative estimate of drug-likeness (QED) is 0.805. The third-order valence-electron chi connectivity index (χ3n) is 4.56. The molecule has 2 heteroatoms. The van der Waals surface area contributed by atoms with Crippen LogP contribution in [0.5, 0.6) is 0 Å². The highest BCUT2D eigenvalue weighted by Gasteiger charge is 2.22. The van der Waals surface area contributed by atoms with Crippen molar-refractivity contribution in [3.05, 3.63) is 35.4 Å². The number of hydrogen-bond acceptors (Lipinski definition) is 2. The fraction of sp³-hybridized carbons (Fsp3) is 0.647. The highest BCUT2D eigenvalue weighted by Crippen LogP contribution is 2.23. The fourth-order valence-corrected chi connectivity index (χ4v) is 2.33. The minimum Gasteiger partial charge on any atom is -0.313 e. The van der Waals surface area contributed by atoms with E-state index in [1.165, 1.54) is 17.5 Å². The van der Waals surface area contributed by atoms with Crippen LogP contribution in [0, 0.1) is 6.92 Å². The summed E-state index contributed by atoms with van der Waals surface area (Å²) in [5, 5.41) is 3.46. The van der Waals surface area contributed by atoms with Gasteiger partial charge in [0.25, 0.3) is 0 Å². The second-order valence-electron chi connectivity index (χ2n) is 6.07. The van der Waals surface area contributed by atoms with Crippen LogP contribution < -0.4 is 5.32 Å². The maximum absolute atomic E-state index is 3.46. The van der Waals surface area contributed by atoms with E-state index in [1.807, 2.05) is 0 Å². The standard InChI is InChI=1S/C17H30N2/c1-7-17(3,4)19(6)13-12-16(18-5)15-11-9-8-10-14(15)2/h8-11,16,18H,7,12-13H2,1-6H3. The molecule has 19 heavy (non-hydrogen) atoms. The Morgan fingerprint density at radius 1 is 1.26 bits per heavy atom. The molecule has 0 aromatic heterocycles. The van der Waals surface area contributed by atoms with Crippen LogP contribution in [0.4, 0.5) is 0 Å². The van der Waals surface area contributed by atoms with Gasteiger partial charge in [-0.05, 0) is 58.8 Å². The van der Waals surface area contributed by atoms with E-state index >= 15 is 0 Å². The van der Waals surface area contributed by atoms with Gasteiger partial charge in [0.2, 0.25) is 0 Å². The average Bonchev–Trinajstić information content (AvgIpc) is 2.40. The molecule has 1 aromatic carbocycles. The number of benzene rings is 1. The third-order valence-corrected chi connectivity index (χ3v) is 4.56. The Morgan fingerprint density at radius 3 is 2.42 bits per heavy atom. The molecule has 0 aliphatic carbocycles. The predicted molar refractivity (Wildman–Crippen MR) is 84.6 cm³/mol. The summed E-state index contributed by atoms with van der Waals surface area (Å²) in [7, 11) is 4.29. The summed E-state index contributed by atoms with van der Waals surface area (Å²) in [4.78, 5) is 2.47. The lowest BCUT2D eigenvalue weighted by Crippen LogP contribution is -2.41. The molecule has 0 saturated carbocycles. The van der Waals surface area contributed by atoms with Gasteiger partial charge >= 0.3 is 0 Å². The monoisotopic (exact) mass is 262 g/mol. The molecule has 108 valence electrons. The fourth-order valence-electron chi connectivity index (χ4n) is 2.33. The van der Waals surface area contributed by atoms with Gasteiger partial charge in [-0.15, -0.1) is 0 Å². The smallest absolute Gasteiger partial charge is 0.0332 e. The van der Waals surface area contributed by atoms with Crippen LogP contribution in [0.15, 0.2) is 24.3 Å². The van der Waals surface area contributed by atoms with Crippen molar-refractivity contribution in [3.63, 3.8) is 0 Å². The summed E-state index contributed by atoms with van der Waals surface area (Å²) >= 11 is 0. The topological polar surface area (TPSA) is 15.3 Å². The van der Waals surface area contributed by atoms with Crippen molar-refractivity contribution in [1.29, 1.82) is 0 Å². The van der Waals surface area contributed by atoms with Gasteiger partial charge in [-0.2, -0.15) is 0 Å². The van der Waals surface area contributed by atoms with Gasteiger partial charge in [0.15, 0.2) is 0 Å². The molecule has 0 fully saturated rings. The molecular weight excluding hydrogens is 232 g/mol. The second kappa shape index (κ2) is 7.06. The zero-order chi connectivity index (χ0) is 14.5. The molecule has 0 spiro atoms. The summed E-state index contributed by atoms with van der Waals surface area (Å²) in [6.07, 6.45) is 2.32. The van der Waals surface area contributed by atoms with E-state index in [1.54, 1.807) is 0 Å². The minimum absolute atomic E-state index is 0.282. The molecule has 0 aliphatic rings. The Labute approximate surface area is 119 Å². The van der Waals surface area contributed by atoms with Crippen molar-refractivity contribution in [2.24, 2.45) is 0 Å². The van der Waals surface area contributed by atoms with Gasteiger partial charge in [-0.3, -0.25) is 0 Å². The van der Waals surface area contributed by atoms with Gasteiger partial charge in [-0.1, -0.05) is 31.2 Å². The zero-order valence-corrected chi connectivity index (χ0v) is 13.5. The van der Waals surface area contributed by atoms with Crippen LogP contribution in [0.1, 0.15) is 50.8 Å². The van der Waals surface area contributed by atoms with E-state index in [0.717, 1.165) is 13.0 Å². The lowest BCUT2D eigenvalue weighted by atomic mass is 9.96. The van der Waals surface area contributed by atoms with E-state index in [2.05, 4.69) is 76.3 Å². The van der Waals surface area contributed by atoms with Crippen molar-refractivity contribution in [2.45, 2.75) is 52.1 Å². The number of rotatable bonds is 7. The van der Waals surface area contributed by atoms with Crippen LogP contribution in [-0.2, 0) is 0 Å². The minimum atomic E-state index is 0.282. The van der Waals surface area contributed by atoms with Crippen molar-refractivity contribution in [1.82, 2.24) is 10.2 Å². The Morgan fingerprint density at radius 2 is 1.89 bits per heavy atom. The number of nitrogens with zero attached hydrogens (tertiary/aromatic N) is 1. The number of nitrogens with one attached hydrogen (secondary N) is 1. The Balaban J connectivity index is 2.67. The predicted octanol–water partition coefficient (Wildman–Crippen LogP) is 3.77. The summed E-state index contributed by atoms with van der Waals surface area (Å²) < 4.78 is 0. The molecule has 1 atom stereocenters. The molecule has 0 heterocycles. The molecule has 0 aliphatic heterocycles. The molecule has 1 unspecified atom stereocenters. The molecule has 0 amide bonds. The largest absolute Gasteiger partial charge is 0.313 e. The molecule has 1 N–H and O–H groups in total. The first-order chi connectivity index (χ1) is 8.92. The lowest BCUT2D eigenvalue weighted by molar-refractivity contribution is 0.144. The van der Waals surface area contributed by atoms with Crippen LogP contribution >= 0.6 is 0 Å². The molecule has 0 bridgehead atoms. The van der Waals surface area contributed by atoms with Crippen LogP contribution in [-0.4, -0.2) is 31.1 Å². The Hall–Kier alpha value is -0.860. The first kappa shape index (κ1) is 16.2. The maximum atomic E-state index is 3.46. The summed E-state index contributed by atoms with van der Waals surface area (Å²) in [5.41, 5.74) is 3.08. The lowest BCUT2D eigenvalue weighted by Gasteiger charge is -2.36. The van der Waals surface area contributed by atoms with E-state index < -0.39 is 0 Å². The van der Waals surface area contributed by atoms with E-state index in [0.29, 0.717) is 6.04 Å². The third kappa shape index (κ3) is 4.32. The van der Waals surface area contributed by atoms with Gasteiger partial charge in [0, 0.05) is 18.1 Å². The van der Waals surface area contributed by atoms with Gasteiger partial charge in [0.1, 0.15) is 0 Å². The highest BCUT2D eigenvalue weighted by molar-refractivity contribution is 5.28.